The molecule has 0 aliphatic heterocycles. The van der Waals surface area contributed by atoms with E-state index < -0.39 is 18.8 Å². The molecular formula is C4H4BrF3O2. The minimum absolute atomic E-state index is 0.219. The molecule has 0 spiro atoms. The van der Waals surface area contributed by atoms with Gasteiger partial charge in [-0.15, -0.1) is 0 Å². The third kappa shape index (κ3) is 5.87. The van der Waals surface area contributed by atoms with Gasteiger partial charge in [-0.05, 0) is 0 Å². The Labute approximate surface area is 63.5 Å². The average Bonchev–Trinajstić information content (AvgIpc) is 1.81. The molecule has 0 aromatic rings. The van der Waals surface area contributed by atoms with E-state index in [0.29, 0.717) is 0 Å². The number of hydrogen-bond donors (Lipinski definition) is 0. The topological polar surface area (TPSA) is 26.3 Å². The van der Waals surface area contributed by atoms with E-state index in [2.05, 4.69) is 20.7 Å². The highest BCUT2D eigenvalue weighted by molar-refractivity contribution is 9.09. The number of ether oxygens (including phenoxy) is 1. The molecule has 0 aromatic heterocycles. The van der Waals surface area contributed by atoms with Gasteiger partial charge in [0, 0.05) is 0 Å². The fourth-order valence-electron chi connectivity index (χ4n) is 0.201. The smallest absolute Gasteiger partial charge is 0.422 e. The molecule has 0 aliphatic rings. The molecule has 0 N–H and O–H groups in total. The van der Waals surface area contributed by atoms with Crippen LogP contribution in [-0.2, 0) is 9.53 Å². The second-order valence-corrected chi connectivity index (χ2v) is 1.97. The minimum Gasteiger partial charge on any atom is -0.455 e. The van der Waals surface area contributed by atoms with Gasteiger partial charge in [0.1, 0.15) is 5.33 Å². The molecule has 0 aromatic carbocycles. The first-order valence-corrected chi connectivity index (χ1v) is 3.36. The average molecular weight is 221 g/mol. The number of carbonyl (C=O) groups is 1. The second kappa shape index (κ2) is 3.80. The Morgan fingerprint density at radius 3 is 2.30 bits per heavy atom. The van der Waals surface area contributed by atoms with Gasteiger partial charge in [-0.3, -0.25) is 4.79 Å². The van der Waals surface area contributed by atoms with Crippen LogP contribution in [0.3, 0.4) is 0 Å². The number of alkyl halides is 4. The predicted octanol–water partition coefficient (Wildman–Crippen LogP) is 1.49. The standard InChI is InChI=1S/C4H4BrF3O2/c5-1-3(9)10-2-4(6,7)8/h1-2H2. The maximum Gasteiger partial charge on any atom is 0.422 e. The molecule has 0 rings (SSSR count). The van der Waals surface area contributed by atoms with Gasteiger partial charge in [0.2, 0.25) is 0 Å². The second-order valence-electron chi connectivity index (χ2n) is 1.41. The van der Waals surface area contributed by atoms with Crippen molar-refractivity contribution in [1.82, 2.24) is 0 Å². The van der Waals surface area contributed by atoms with Crippen molar-refractivity contribution in [3.8, 4) is 0 Å². The van der Waals surface area contributed by atoms with Gasteiger partial charge in [0.15, 0.2) is 6.61 Å². The van der Waals surface area contributed by atoms with Gasteiger partial charge in [0.05, 0.1) is 0 Å². The van der Waals surface area contributed by atoms with Crippen molar-refractivity contribution in [3.63, 3.8) is 0 Å². The van der Waals surface area contributed by atoms with Crippen LogP contribution in [0.15, 0.2) is 0 Å². The quantitative estimate of drug-likeness (QED) is 0.521. The van der Waals surface area contributed by atoms with Crippen LogP contribution in [0.4, 0.5) is 13.2 Å². The molecule has 0 heterocycles. The molecule has 0 unspecified atom stereocenters. The molecule has 10 heavy (non-hydrogen) atoms. The normalized spacial score (nSPS) is 11.2. The molecule has 2 nitrogen and oxygen atoms in total. The van der Waals surface area contributed by atoms with E-state index in [1.165, 1.54) is 0 Å². The summed E-state index contributed by atoms with van der Waals surface area (Å²) in [6.07, 6.45) is -4.43. The maximum atomic E-state index is 11.3. The van der Waals surface area contributed by atoms with Gasteiger partial charge < -0.3 is 4.74 Å². The van der Waals surface area contributed by atoms with Gasteiger partial charge in [-0.1, -0.05) is 15.9 Å². The summed E-state index contributed by atoms with van der Waals surface area (Å²) >= 11 is 2.64. The predicted molar refractivity (Wildman–Crippen MR) is 30.8 cm³/mol. The Morgan fingerprint density at radius 1 is 1.50 bits per heavy atom. The van der Waals surface area contributed by atoms with Crippen LogP contribution in [0.5, 0.6) is 0 Å². The van der Waals surface area contributed by atoms with Crippen LogP contribution in [0, 0.1) is 0 Å². The summed E-state index contributed by atoms with van der Waals surface area (Å²) in [5.41, 5.74) is 0. The Bertz CT molecular complexity index is 122. The van der Waals surface area contributed by atoms with E-state index >= 15 is 0 Å². The molecule has 6 heteroatoms. The molecule has 60 valence electrons. The van der Waals surface area contributed by atoms with Gasteiger partial charge in [-0.2, -0.15) is 13.2 Å². The Balaban J connectivity index is 3.46. The van der Waals surface area contributed by atoms with Crippen LogP contribution in [0.25, 0.3) is 0 Å². The number of carbonyl (C=O) groups excluding carboxylic acids is 1. The molecule has 0 radical (unpaired) electrons. The van der Waals surface area contributed by atoms with Crippen molar-refractivity contribution in [2.75, 3.05) is 11.9 Å². The summed E-state index contributed by atoms with van der Waals surface area (Å²) in [5.74, 6) is -0.919. The lowest BCUT2D eigenvalue weighted by atomic mass is 10.7. The first kappa shape index (κ1) is 9.74. The maximum absolute atomic E-state index is 11.3. The summed E-state index contributed by atoms with van der Waals surface area (Å²) in [6.45, 7) is -1.52. The van der Waals surface area contributed by atoms with E-state index in [9.17, 15) is 18.0 Å². The molecule has 0 fully saturated rings. The van der Waals surface area contributed by atoms with Crippen LogP contribution in [-0.4, -0.2) is 24.1 Å². The van der Waals surface area contributed by atoms with Gasteiger partial charge >= 0.3 is 12.1 Å². The van der Waals surface area contributed by atoms with E-state index in [-0.39, 0.29) is 5.33 Å². The minimum atomic E-state index is -4.43. The van der Waals surface area contributed by atoms with Crippen molar-refractivity contribution in [2.45, 2.75) is 6.18 Å². The SMILES string of the molecule is O=C(CBr)OCC(F)(F)F. The number of esters is 1. The summed E-state index contributed by atoms with van der Waals surface area (Å²) in [6, 6.07) is 0. The Morgan fingerprint density at radius 2 is 2.00 bits per heavy atom. The molecule has 0 saturated heterocycles. The lowest BCUT2D eigenvalue weighted by Gasteiger charge is -2.05. The highest BCUT2D eigenvalue weighted by atomic mass is 79.9. The monoisotopic (exact) mass is 220 g/mol. The summed E-state index contributed by atoms with van der Waals surface area (Å²) < 4.78 is 37.5. The summed E-state index contributed by atoms with van der Waals surface area (Å²) in [4.78, 5) is 10.1. The van der Waals surface area contributed by atoms with Crippen molar-refractivity contribution in [3.05, 3.63) is 0 Å². The first-order valence-electron chi connectivity index (χ1n) is 2.24. The molecule has 0 saturated carbocycles. The molecule has 0 bridgehead atoms. The van der Waals surface area contributed by atoms with Crippen molar-refractivity contribution >= 4 is 21.9 Å². The Hall–Kier alpha value is -0.260. The van der Waals surface area contributed by atoms with Crippen LogP contribution in [0.2, 0.25) is 0 Å². The number of halogens is 4. The van der Waals surface area contributed by atoms with Gasteiger partial charge in [-0.25, -0.2) is 0 Å². The fourth-order valence-corrected chi connectivity index (χ4v) is 0.363. The third-order valence-electron chi connectivity index (χ3n) is 0.506. The van der Waals surface area contributed by atoms with Gasteiger partial charge in [0.25, 0.3) is 0 Å². The zero-order valence-electron chi connectivity index (χ0n) is 4.74. The highest BCUT2D eigenvalue weighted by Gasteiger charge is 2.29. The molecule has 0 atom stereocenters. The van der Waals surface area contributed by atoms with E-state index in [0.717, 1.165) is 0 Å². The van der Waals surface area contributed by atoms with Crippen LogP contribution in [0.1, 0.15) is 0 Å². The van der Waals surface area contributed by atoms with E-state index in [1.54, 1.807) is 0 Å². The van der Waals surface area contributed by atoms with Crippen molar-refractivity contribution < 1.29 is 22.7 Å². The third-order valence-corrected chi connectivity index (χ3v) is 0.964. The first-order chi connectivity index (χ1) is 4.45. The summed E-state index contributed by atoms with van der Waals surface area (Å²) in [5, 5.41) is -0.219. The van der Waals surface area contributed by atoms with Crippen LogP contribution < -0.4 is 0 Å². The molecular weight excluding hydrogens is 217 g/mol. The van der Waals surface area contributed by atoms with Crippen molar-refractivity contribution in [2.24, 2.45) is 0 Å². The van der Waals surface area contributed by atoms with Crippen LogP contribution >= 0.6 is 15.9 Å². The Kier molecular flexibility index (Phi) is 3.70. The fraction of sp³-hybridized carbons (Fsp3) is 0.750. The van der Waals surface area contributed by atoms with Crippen molar-refractivity contribution in [1.29, 1.82) is 0 Å². The zero-order chi connectivity index (χ0) is 8.20. The highest BCUT2D eigenvalue weighted by Crippen LogP contribution is 2.14. The largest absolute Gasteiger partial charge is 0.455 e. The lowest BCUT2D eigenvalue weighted by Crippen LogP contribution is -2.20. The molecule has 0 aliphatic carbocycles. The number of rotatable bonds is 2. The summed E-state index contributed by atoms with van der Waals surface area (Å²) in [7, 11) is 0. The van der Waals surface area contributed by atoms with E-state index in [1.807, 2.05) is 0 Å². The van der Waals surface area contributed by atoms with E-state index in [4.69, 9.17) is 0 Å². The number of hydrogen-bond acceptors (Lipinski definition) is 2. The lowest BCUT2D eigenvalue weighted by molar-refractivity contribution is -0.184. The zero-order valence-corrected chi connectivity index (χ0v) is 6.33. The molecule has 0 amide bonds.